The van der Waals surface area contributed by atoms with Crippen LogP contribution in [0.15, 0.2) is 0 Å². The Hall–Kier alpha value is -0.530. The van der Waals surface area contributed by atoms with Gasteiger partial charge in [-0.3, -0.25) is 0 Å². The van der Waals surface area contributed by atoms with Crippen molar-refractivity contribution in [2.75, 3.05) is 0 Å². The summed E-state index contributed by atoms with van der Waals surface area (Å²) in [6.07, 6.45) is -10.1. The van der Waals surface area contributed by atoms with Gasteiger partial charge in [-0.25, -0.2) is 8.37 Å². The molecular formula is C4H3F5O6S2. The van der Waals surface area contributed by atoms with E-state index in [0.717, 1.165) is 0 Å². The third kappa shape index (κ3) is 2.66. The van der Waals surface area contributed by atoms with E-state index in [4.69, 9.17) is 0 Å². The van der Waals surface area contributed by atoms with Crippen LogP contribution < -0.4 is 0 Å². The Morgan fingerprint density at radius 1 is 1.00 bits per heavy atom. The van der Waals surface area contributed by atoms with E-state index < -0.39 is 43.7 Å². The van der Waals surface area contributed by atoms with Crippen LogP contribution >= 0.6 is 0 Å². The molecule has 0 aromatic heterocycles. The van der Waals surface area contributed by atoms with Crippen molar-refractivity contribution in [1.29, 1.82) is 0 Å². The maximum atomic E-state index is 12.7. The standard InChI is InChI=1S/C4H3F5O6S2/c5-3(6,7)1-2-14-16(10,11)4(8,9)17(12,13)15-2/h2H,1H2. The minimum absolute atomic E-state index is 2.17. The third-order valence-electron chi connectivity index (χ3n) is 1.45. The molecule has 0 bridgehead atoms. The van der Waals surface area contributed by atoms with Crippen LogP contribution in [0, 0.1) is 0 Å². The summed E-state index contributed by atoms with van der Waals surface area (Å²) in [5, 5.41) is 0. The largest absolute Gasteiger partial charge is 0.496 e. The van der Waals surface area contributed by atoms with Gasteiger partial charge in [0.05, 0.1) is 6.42 Å². The second kappa shape index (κ2) is 3.73. The summed E-state index contributed by atoms with van der Waals surface area (Å²) in [4.78, 5) is 0. The Labute approximate surface area is 91.6 Å². The van der Waals surface area contributed by atoms with E-state index in [1.807, 2.05) is 0 Å². The number of hydrogen-bond donors (Lipinski definition) is 0. The highest BCUT2D eigenvalue weighted by Crippen LogP contribution is 2.39. The zero-order chi connectivity index (χ0) is 13.7. The van der Waals surface area contributed by atoms with Crippen molar-refractivity contribution >= 4 is 20.2 Å². The highest BCUT2D eigenvalue weighted by atomic mass is 32.3. The maximum absolute atomic E-state index is 12.7. The fourth-order valence-corrected chi connectivity index (χ4v) is 3.08. The molecule has 1 aliphatic heterocycles. The van der Waals surface area contributed by atoms with Gasteiger partial charge in [0.2, 0.25) is 6.29 Å². The first kappa shape index (κ1) is 14.5. The van der Waals surface area contributed by atoms with Crippen molar-refractivity contribution in [3.8, 4) is 0 Å². The zero-order valence-electron chi connectivity index (χ0n) is 7.44. The first-order valence-electron chi connectivity index (χ1n) is 3.59. The van der Waals surface area contributed by atoms with Crippen molar-refractivity contribution in [2.24, 2.45) is 0 Å². The molecule has 0 aromatic carbocycles. The molecule has 13 heteroatoms. The smallest absolute Gasteiger partial charge is 0.231 e. The first-order valence-corrected chi connectivity index (χ1v) is 6.40. The Morgan fingerprint density at radius 2 is 1.35 bits per heavy atom. The molecule has 1 rings (SSSR count). The topological polar surface area (TPSA) is 86.7 Å². The zero-order valence-corrected chi connectivity index (χ0v) is 9.07. The van der Waals surface area contributed by atoms with Gasteiger partial charge in [0, 0.05) is 0 Å². The van der Waals surface area contributed by atoms with Crippen LogP contribution in [0.5, 0.6) is 0 Å². The van der Waals surface area contributed by atoms with Crippen LogP contribution in [0.3, 0.4) is 0 Å². The molecule has 1 saturated heterocycles. The molecule has 0 radical (unpaired) electrons. The summed E-state index contributed by atoms with van der Waals surface area (Å²) in [6, 6.07) is 0. The number of alkyl halides is 5. The fourth-order valence-electron chi connectivity index (χ4n) is 0.793. The summed E-state index contributed by atoms with van der Waals surface area (Å²) in [5.41, 5.74) is 0. The molecule has 1 heterocycles. The fraction of sp³-hybridized carbons (Fsp3) is 1.00. The summed E-state index contributed by atoms with van der Waals surface area (Å²) in [6.45, 7) is 0. The van der Waals surface area contributed by atoms with Gasteiger partial charge in [-0.05, 0) is 0 Å². The van der Waals surface area contributed by atoms with Crippen LogP contribution in [0.25, 0.3) is 0 Å². The van der Waals surface area contributed by atoms with Gasteiger partial charge in [-0.1, -0.05) is 0 Å². The molecule has 0 aromatic rings. The average molecular weight is 306 g/mol. The van der Waals surface area contributed by atoms with Gasteiger partial charge in [0.25, 0.3) is 0 Å². The minimum Gasteiger partial charge on any atom is -0.231 e. The maximum Gasteiger partial charge on any atom is 0.496 e. The summed E-state index contributed by atoms with van der Waals surface area (Å²) in [7, 11) is -12.1. The lowest BCUT2D eigenvalue weighted by Crippen LogP contribution is -2.49. The van der Waals surface area contributed by atoms with Gasteiger partial charge < -0.3 is 0 Å². The first-order chi connectivity index (χ1) is 7.29. The van der Waals surface area contributed by atoms with Gasteiger partial charge in [-0.15, -0.1) is 0 Å². The molecule has 0 aliphatic carbocycles. The molecule has 0 atom stereocenters. The van der Waals surface area contributed by atoms with Crippen molar-refractivity contribution in [3.05, 3.63) is 0 Å². The summed E-state index contributed by atoms with van der Waals surface area (Å²) in [5.74, 6) is 0. The molecular weight excluding hydrogens is 303 g/mol. The predicted molar refractivity (Wildman–Crippen MR) is 39.4 cm³/mol. The van der Waals surface area contributed by atoms with E-state index in [0.29, 0.717) is 0 Å². The van der Waals surface area contributed by atoms with Crippen molar-refractivity contribution in [1.82, 2.24) is 0 Å². The summed E-state index contributed by atoms with van der Waals surface area (Å²) >= 11 is 0. The van der Waals surface area contributed by atoms with E-state index in [9.17, 15) is 38.8 Å². The number of rotatable bonds is 1. The Kier molecular flexibility index (Phi) is 3.19. The molecule has 0 N–H and O–H groups in total. The van der Waals surface area contributed by atoms with Crippen LogP contribution in [0.4, 0.5) is 22.0 Å². The van der Waals surface area contributed by atoms with E-state index in [1.54, 1.807) is 0 Å². The molecule has 0 amide bonds. The molecule has 1 fully saturated rings. The van der Waals surface area contributed by atoms with Crippen molar-refractivity contribution < 1.29 is 47.2 Å². The highest BCUT2D eigenvalue weighted by molar-refractivity contribution is 8.05. The lowest BCUT2D eigenvalue weighted by atomic mass is 10.4. The monoisotopic (exact) mass is 306 g/mol. The quantitative estimate of drug-likeness (QED) is 0.518. The average Bonchev–Trinajstić information content (AvgIpc) is 1.95. The predicted octanol–water partition coefficient (Wildman–Crippen LogP) is 0.522. The molecule has 102 valence electrons. The van der Waals surface area contributed by atoms with Crippen LogP contribution in [-0.4, -0.2) is 33.9 Å². The van der Waals surface area contributed by atoms with Crippen LogP contribution in [-0.2, 0) is 28.6 Å². The van der Waals surface area contributed by atoms with E-state index >= 15 is 0 Å². The number of halogens is 5. The highest BCUT2D eigenvalue weighted by Gasteiger charge is 2.66. The molecule has 6 nitrogen and oxygen atoms in total. The lowest BCUT2D eigenvalue weighted by molar-refractivity contribution is -0.178. The second-order valence-corrected chi connectivity index (χ2v) is 6.30. The van der Waals surface area contributed by atoms with Gasteiger partial charge >= 0.3 is 31.0 Å². The number of hydrogen-bond acceptors (Lipinski definition) is 6. The summed E-state index contributed by atoms with van der Waals surface area (Å²) < 4.78 is 104. The van der Waals surface area contributed by atoms with Gasteiger partial charge in [0.15, 0.2) is 0 Å². The minimum atomic E-state index is -6.04. The molecule has 0 spiro atoms. The Bertz CT molecular complexity index is 465. The Morgan fingerprint density at radius 3 is 1.65 bits per heavy atom. The molecule has 1 aliphatic rings. The Balaban J connectivity index is 3.11. The van der Waals surface area contributed by atoms with Crippen molar-refractivity contribution in [2.45, 2.75) is 23.5 Å². The van der Waals surface area contributed by atoms with Crippen LogP contribution in [0.1, 0.15) is 6.42 Å². The lowest BCUT2D eigenvalue weighted by Gasteiger charge is -2.27. The molecule has 0 unspecified atom stereocenters. The van der Waals surface area contributed by atoms with Gasteiger partial charge in [-0.2, -0.15) is 38.8 Å². The second-order valence-electron chi connectivity index (χ2n) is 2.81. The normalized spacial score (nSPS) is 27.8. The molecule has 17 heavy (non-hydrogen) atoms. The SMILES string of the molecule is O=S1(=O)OC(CC(F)(F)F)OS(=O)(=O)C1(F)F. The van der Waals surface area contributed by atoms with E-state index in [-0.39, 0.29) is 0 Å². The van der Waals surface area contributed by atoms with Crippen LogP contribution in [0.2, 0.25) is 0 Å². The van der Waals surface area contributed by atoms with E-state index in [2.05, 4.69) is 8.37 Å². The van der Waals surface area contributed by atoms with Gasteiger partial charge in [0.1, 0.15) is 0 Å². The van der Waals surface area contributed by atoms with E-state index in [1.165, 1.54) is 0 Å². The van der Waals surface area contributed by atoms with Crippen molar-refractivity contribution in [3.63, 3.8) is 0 Å². The third-order valence-corrected chi connectivity index (χ3v) is 4.77. The molecule has 0 saturated carbocycles.